The Labute approximate surface area is 133 Å². The maximum Gasteiger partial charge on any atom is 0.341 e. The van der Waals surface area contributed by atoms with Crippen LogP contribution >= 0.6 is 23.2 Å². The SMILES string of the molecule is COCCOCCOCCOC(=O)c1ccc(Cl)nc1Cl. The smallest absolute Gasteiger partial charge is 0.341 e. The van der Waals surface area contributed by atoms with Crippen molar-refractivity contribution in [3.05, 3.63) is 28.0 Å². The summed E-state index contributed by atoms with van der Waals surface area (Å²) in [6.07, 6.45) is 0. The summed E-state index contributed by atoms with van der Waals surface area (Å²) in [5.74, 6) is -0.566. The molecule has 0 N–H and O–H groups in total. The predicted molar refractivity (Wildman–Crippen MR) is 78.1 cm³/mol. The van der Waals surface area contributed by atoms with Crippen molar-refractivity contribution >= 4 is 29.2 Å². The normalized spacial score (nSPS) is 10.6. The maximum absolute atomic E-state index is 11.7. The van der Waals surface area contributed by atoms with E-state index >= 15 is 0 Å². The molecule has 0 saturated carbocycles. The average molecular weight is 338 g/mol. The van der Waals surface area contributed by atoms with E-state index in [2.05, 4.69) is 4.98 Å². The average Bonchev–Trinajstić information content (AvgIpc) is 2.45. The van der Waals surface area contributed by atoms with Crippen molar-refractivity contribution in [2.24, 2.45) is 0 Å². The number of esters is 1. The van der Waals surface area contributed by atoms with E-state index in [0.717, 1.165) is 0 Å². The zero-order valence-electron chi connectivity index (χ0n) is 11.6. The van der Waals surface area contributed by atoms with E-state index in [4.69, 9.17) is 42.1 Å². The molecule has 0 aliphatic rings. The van der Waals surface area contributed by atoms with Gasteiger partial charge < -0.3 is 18.9 Å². The first kappa shape index (κ1) is 18.1. The Kier molecular flexibility index (Phi) is 9.29. The molecule has 6 nitrogen and oxygen atoms in total. The van der Waals surface area contributed by atoms with Gasteiger partial charge in [0.2, 0.25) is 0 Å². The summed E-state index contributed by atoms with van der Waals surface area (Å²) in [6.45, 7) is 2.35. The third kappa shape index (κ3) is 7.59. The molecule has 0 radical (unpaired) electrons. The van der Waals surface area contributed by atoms with E-state index in [1.165, 1.54) is 12.1 Å². The van der Waals surface area contributed by atoms with Gasteiger partial charge in [-0.05, 0) is 12.1 Å². The summed E-state index contributed by atoms with van der Waals surface area (Å²) in [6, 6.07) is 2.93. The predicted octanol–water partition coefficient (Wildman–Crippen LogP) is 2.22. The Morgan fingerprint density at radius 1 is 1.05 bits per heavy atom. The van der Waals surface area contributed by atoms with Crippen molar-refractivity contribution in [2.45, 2.75) is 0 Å². The topological polar surface area (TPSA) is 66.9 Å². The van der Waals surface area contributed by atoms with Gasteiger partial charge in [-0.15, -0.1) is 0 Å². The zero-order chi connectivity index (χ0) is 15.5. The molecular formula is C13H17Cl2NO5. The highest BCUT2D eigenvalue weighted by atomic mass is 35.5. The summed E-state index contributed by atoms with van der Waals surface area (Å²) in [5.41, 5.74) is 0.170. The fourth-order valence-electron chi connectivity index (χ4n) is 1.30. The first-order chi connectivity index (χ1) is 10.1. The van der Waals surface area contributed by atoms with Crippen LogP contribution in [0.1, 0.15) is 10.4 Å². The van der Waals surface area contributed by atoms with Gasteiger partial charge in [-0.3, -0.25) is 0 Å². The van der Waals surface area contributed by atoms with Gasteiger partial charge in [0, 0.05) is 7.11 Å². The summed E-state index contributed by atoms with van der Waals surface area (Å²) in [5, 5.41) is 0.230. The van der Waals surface area contributed by atoms with E-state index in [1.54, 1.807) is 7.11 Å². The number of carbonyl (C=O) groups excluding carboxylic acids is 1. The lowest BCUT2D eigenvalue weighted by molar-refractivity contribution is 0.00569. The standard InChI is InChI=1S/C13H17Cl2NO5/c1-18-4-5-19-6-7-20-8-9-21-13(17)10-2-3-11(14)16-12(10)15/h2-3H,4-9H2,1H3. The van der Waals surface area contributed by atoms with Crippen LogP contribution in [0.15, 0.2) is 12.1 Å². The number of hydrogen-bond donors (Lipinski definition) is 0. The molecule has 0 aliphatic heterocycles. The number of hydrogen-bond acceptors (Lipinski definition) is 6. The van der Waals surface area contributed by atoms with Gasteiger partial charge in [0.15, 0.2) is 0 Å². The van der Waals surface area contributed by atoms with Crippen molar-refractivity contribution in [1.29, 1.82) is 0 Å². The van der Waals surface area contributed by atoms with E-state index < -0.39 is 5.97 Å². The Hall–Kier alpha value is -0.920. The van der Waals surface area contributed by atoms with E-state index in [1.807, 2.05) is 0 Å². The van der Waals surface area contributed by atoms with Crippen LogP contribution in [-0.4, -0.2) is 57.7 Å². The molecule has 21 heavy (non-hydrogen) atoms. The van der Waals surface area contributed by atoms with Crippen LogP contribution in [0.4, 0.5) is 0 Å². The highest BCUT2D eigenvalue weighted by Crippen LogP contribution is 2.17. The molecule has 0 amide bonds. The lowest BCUT2D eigenvalue weighted by atomic mass is 10.3. The first-order valence-corrected chi connectivity index (χ1v) is 7.04. The fourth-order valence-corrected chi connectivity index (χ4v) is 1.72. The number of pyridine rings is 1. The van der Waals surface area contributed by atoms with Gasteiger partial charge in [-0.25, -0.2) is 9.78 Å². The Morgan fingerprint density at radius 3 is 2.29 bits per heavy atom. The molecule has 0 bridgehead atoms. The molecular weight excluding hydrogens is 321 g/mol. The van der Waals surface area contributed by atoms with Gasteiger partial charge in [0.05, 0.1) is 38.6 Å². The van der Waals surface area contributed by atoms with Crippen LogP contribution in [0, 0.1) is 0 Å². The van der Waals surface area contributed by atoms with E-state index in [9.17, 15) is 4.79 Å². The summed E-state index contributed by atoms with van der Waals surface area (Å²) in [7, 11) is 1.61. The van der Waals surface area contributed by atoms with E-state index in [-0.39, 0.29) is 29.1 Å². The molecule has 0 fully saturated rings. The van der Waals surface area contributed by atoms with Gasteiger partial charge >= 0.3 is 5.97 Å². The number of halogens is 2. The van der Waals surface area contributed by atoms with Gasteiger partial charge in [0.1, 0.15) is 16.9 Å². The largest absolute Gasteiger partial charge is 0.460 e. The van der Waals surface area contributed by atoms with Crippen molar-refractivity contribution in [1.82, 2.24) is 4.98 Å². The lowest BCUT2D eigenvalue weighted by Crippen LogP contribution is -2.14. The quantitative estimate of drug-likeness (QED) is 0.370. The van der Waals surface area contributed by atoms with E-state index in [0.29, 0.717) is 26.4 Å². The van der Waals surface area contributed by atoms with Crippen LogP contribution in [-0.2, 0) is 18.9 Å². The molecule has 0 spiro atoms. The number of ether oxygens (including phenoxy) is 4. The Morgan fingerprint density at radius 2 is 1.67 bits per heavy atom. The molecule has 0 atom stereocenters. The van der Waals surface area contributed by atoms with Crippen LogP contribution in [0.5, 0.6) is 0 Å². The van der Waals surface area contributed by atoms with Crippen molar-refractivity contribution < 1.29 is 23.7 Å². The Balaban J connectivity index is 2.11. The molecule has 1 aromatic heterocycles. The fraction of sp³-hybridized carbons (Fsp3) is 0.538. The maximum atomic E-state index is 11.7. The molecule has 118 valence electrons. The second kappa shape index (κ2) is 10.8. The van der Waals surface area contributed by atoms with Crippen LogP contribution < -0.4 is 0 Å². The minimum absolute atomic E-state index is 0.0139. The molecule has 0 unspecified atom stereocenters. The summed E-state index contributed by atoms with van der Waals surface area (Å²) >= 11 is 11.4. The molecule has 1 heterocycles. The van der Waals surface area contributed by atoms with Crippen LogP contribution in [0.3, 0.4) is 0 Å². The molecule has 1 aromatic rings. The molecule has 1 rings (SSSR count). The molecule has 0 saturated heterocycles. The Bertz CT molecular complexity index is 445. The molecule has 8 heteroatoms. The summed E-state index contributed by atoms with van der Waals surface area (Å²) < 4.78 is 20.3. The lowest BCUT2D eigenvalue weighted by Gasteiger charge is -2.07. The third-order valence-corrected chi connectivity index (χ3v) is 2.80. The van der Waals surface area contributed by atoms with Gasteiger partial charge in [-0.2, -0.15) is 0 Å². The third-order valence-electron chi connectivity index (χ3n) is 2.30. The number of rotatable bonds is 10. The van der Waals surface area contributed by atoms with Gasteiger partial charge in [-0.1, -0.05) is 23.2 Å². The van der Waals surface area contributed by atoms with Crippen molar-refractivity contribution in [3.8, 4) is 0 Å². The first-order valence-electron chi connectivity index (χ1n) is 6.28. The van der Waals surface area contributed by atoms with Gasteiger partial charge in [0.25, 0.3) is 0 Å². The minimum Gasteiger partial charge on any atom is -0.460 e. The minimum atomic E-state index is -0.566. The second-order valence-corrected chi connectivity index (χ2v) is 4.57. The van der Waals surface area contributed by atoms with Crippen molar-refractivity contribution in [2.75, 3.05) is 46.8 Å². The number of nitrogens with zero attached hydrogens (tertiary/aromatic N) is 1. The zero-order valence-corrected chi connectivity index (χ0v) is 13.2. The van der Waals surface area contributed by atoms with Crippen LogP contribution in [0.2, 0.25) is 10.3 Å². The number of carbonyl (C=O) groups is 1. The number of aromatic nitrogens is 1. The number of methoxy groups -OCH3 is 1. The van der Waals surface area contributed by atoms with Crippen LogP contribution in [0.25, 0.3) is 0 Å². The summed E-state index contributed by atoms with van der Waals surface area (Å²) in [4.78, 5) is 15.5. The second-order valence-electron chi connectivity index (χ2n) is 3.83. The van der Waals surface area contributed by atoms with Crippen molar-refractivity contribution in [3.63, 3.8) is 0 Å². The molecule has 0 aromatic carbocycles. The highest BCUT2D eigenvalue weighted by molar-refractivity contribution is 6.34. The highest BCUT2D eigenvalue weighted by Gasteiger charge is 2.13. The monoisotopic (exact) mass is 337 g/mol. The molecule has 0 aliphatic carbocycles.